The van der Waals surface area contributed by atoms with Crippen molar-refractivity contribution in [1.29, 1.82) is 5.26 Å². The number of hydrazone groups is 1. The van der Waals surface area contributed by atoms with Gasteiger partial charge in [-0.05, 0) is 42.0 Å². The Morgan fingerprint density at radius 1 is 1.03 bits per heavy atom. The van der Waals surface area contributed by atoms with Crippen LogP contribution in [0.5, 0.6) is 11.5 Å². The zero-order valence-electron chi connectivity index (χ0n) is 16.2. The third-order valence-corrected chi connectivity index (χ3v) is 5.04. The first kappa shape index (κ1) is 21.5. The summed E-state index contributed by atoms with van der Waals surface area (Å²) in [6, 6.07) is 20.3. The molecule has 152 valence electrons. The van der Waals surface area contributed by atoms with E-state index in [0.717, 1.165) is 16.7 Å². The molecule has 0 aliphatic heterocycles. The van der Waals surface area contributed by atoms with Gasteiger partial charge in [-0.3, -0.25) is 0 Å². The minimum absolute atomic E-state index is 0.272. The van der Waals surface area contributed by atoms with Crippen LogP contribution in [-0.2, 0) is 13.2 Å². The predicted octanol–water partition coefficient (Wildman–Crippen LogP) is 5.58. The van der Waals surface area contributed by atoms with E-state index in [4.69, 9.17) is 32.7 Å². The normalized spacial score (nSPS) is 10.6. The molecule has 1 N–H and O–H groups in total. The number of nitriles is 1. The summed E-state index contributed by atoms with van der Waals surface area (Å²) in [4.78, 5) is 0. The summed E-state index contributed by atoms with van der Waals surface area (Å²) in [6.45, 7) is 0.680. The van der Waals surface area contributed by atoms with Crippen molar-refractivity contribution in [1.82, 2.24) is 5.43 Å². The van der Waals surface area contributed by atoms with Gasteiger partial charge in [0.05, 0.1) is 31.5 Å². The number of methoxy groups -OCH3 is 1. The zero-order valence-corrected chi connectivity index (χ0v) is 17.7. The van der Waals surface area contributed by atoms with Crippen LogP contribution in [0, 0.1) is 11.3 Å². The van der Waals surface area contributed by atoms with Crippen molar-refractivity contribution >= 4 is 29.4 Å². The summed E-state index contributed by atoms with van der Waals surface area (Å²) in [6.07, 6.45) is 1.67. The number of hydrogen-bond acceptors (Lipinski definition) is 5. The van der Waals surface area contributed by atoms with Gasteiger partial charge in [0, 0.05) is 21.2 Å². The molecule has 3 aromatic carbocycles. The molecule has 0 spiro atoms. The SMILES string of the molecule is COc1cc(/C=N/NCc2c(Cl)cccc2Cl)ccc1OCc1ccccc1C#N. The summed E-state index contributed by atoms with van der Waals surface area (Å²) in [5, 5.41) is 14.6. The smallest absolute Gasteiger partial charge is 0.161 e. The van der Waals surface area contributed by atoms with Gasteiger partial charge in [-0.25, -0.2) is 0 Å². The molecule has 0 aromatic heterocycles. The number of benzene rings is 3. The molecule has 0 fully saturated rings. The first-order valence-electron chi connectivity index (χ1n) is 9.10. The number of ether oxygens (including phenoxy) is 2. The largest absolute Gasteiger partial charge is 0.493 e. The van der Waals surface area contributed by atoms with Crippen molar-refractivity contribution in [3.63, 3.8) is 0 Å². The maximum Gasteiger partial charge on any atom is 0.161 e. The van der Waals surface area contributed by atoms with Gasteiger partial charge in [0.1, 0.15) is 6.61 Å². The number of nitrogens with one attached hydrogen (secondary N) is 1. The van der Waals surface area contributed by atoms with Crippen LogP contribution in [0.1, 0.15) is 22.3 Å². The zero-order chi connectivity index (χ0) is 21.3. The summed E-state index contributed by atoms with van der Waals surface area (Å²) in [5.74, 6) is 1.15. The van der Waals surface area contributed by atoms with E-state index in [0.29, 0.717) is 33.7 Å². The second kappa shape index (κ2) is 10.5. The minimum atomic E-state index is 0.272. The van der Waals surface area contributed by atoms with Gasteiger partial charge < -0.3 is 14.9 Å². The Morgan fingerprint density at radius 3 is 2.53 bits per heavy atom. The van der Waals surface area contributed by atoms with Gasteiger partial charge in [-0.2, -0.15) is 10.4 Å². The van der Waals surface area contributed by atoms with Crippen LogP contribution in [0.25, 0.3) is 0 Å². The van der Waals surface area contributed by atoms with Crippen molar-refractivity contribution in [2.75, 3.05) is 7.11 Å². The molecule has 0 heterocycles. The molecular weight excluding hydrogens is 421 g/mol. The van der Waals surface area contributed by atoms with Crippen molar-refractivity contribution in [3.05, 3.63) is 93.0 Å². The number of nitrogens with zero attached hydrogens (tertiary/aromatic N) is 2. The highest BCUT2D eigenvalue weighted by atomic mass is 35.5. The van der Waals surface area contributed by atoms with Gasteiger partial charge in [-0.15, -0.1) is 0 Å². The van der Waals surface area contributed by atoms with E-state index in [9.17, 15) is 5.26 Å². The summed E-state index contributed by atoms with van der Waals surface area (Å²) < 4.78 is 11.3. The van der Waals surface area contributed by atoms with Crippen LogP contribution < -0.4 is 14.9 Å². The standard InChI is InChI=1S/C23H19Cl2N3O2/c1-29-23-11-16(13-27-28-14-19-20(24)7-4-8-21(19)25)9-10-22(23)30-15-18-6-3-2-5-17(18)12-26/h2-11,13,28H,14-15H2,1H3/b27-13+. The Balaban J connectivity index is 1.64. The monoisotopic (exact) mass is 439 g/mol. The summed E-state index contributed by atoms with van der Waals surface area (Å²) in [7, 11) is 1.57. The molecule has 7 heteroatoms. The molecule has 0 unspecified atom stereocenters. The third-order valence-electron chi connectivity index (χ3n) is 4.33. The van der Waals surface area contributed by atoms with Gasteiger partial charge in [0.2, 0.25) is 0 Å². The van der Waals surface area contributed by atoms with E-state index < -0.39 is 0 Å². The molecule has 0 aliphatic carbocycles. The van der Waals surface area contributed by atoms with Crippen molar-refractivity contribution in [2.24, 2.45) is 5.10 Å². The van der Waals surface area contributed by atoms with E-state index >= 15 is 0 Å². The number of halogens is 2. The molecule has 3 rings (SSSR count). The highest BCUT2D eigenvalue weighted by Crippen LogP contribution is 2.29. The molecule has 3 aromatic rings. The van der Waals surface area contributed by atoms with Crippen LogP contribution in [0.15, 0.2) is 65.8 Å². The quantitative estimate of drug-likeness (QED) is 0.367. The summed E-state index contributed by atoms with van der Waals surface area (Å²) in [5.41, 5.74) is 5.96. The molecule has 0 saturated heterocycles. The lowest BCUT2D eigenvalue weighted by Gasteiger charge is -2.12. The van der Waals surface area contributed by atoms with E-state index in [2.05, 4.69) is 16.6 Å². The molecule has 0 radical (unpaired) electrons. The molecule has 0 amide bonds. The van der Waals surface area contributed by atoms with Crippen molar-refractivity contribution < 1.29 is 9.47 Å². The molecule has 0 saturated carbocycles. The van der Waals surface area contributed by atoms with Crippen molar-refractivity contribution in [3.8, 4) is 17.6 Å². The Hall–Kier alpha value is -3.20. The molecule has 0 aliphatic rings. The van der Waals surface area contributed by atoms with Crippen LogP contribution in [0.3, 0.4) is 0 Å². The highest BCUT2D eigenvalue weighted by molar-refractivity contribution is 6.35. The molecule has 0 atom stereocenters. The maximum absolute atomic E-state index is 9.19. The second-order valence-electron chi connectivity index (χ2n) is 6.26. The Kier molecular flexibility index (Phi) is 7.56. The topological polar surface area (TPSA) is 66.6 Å². The summed E-state index contributed by atoms with van der Waals surface area (Å²) >= 11 is 12.3. The molecule has 5 nitrogen and oxygen atoms in total. The first-order chi connectivity index (χ1) is 14.6. The average Bonchev–Trinajstić information content (AvgIpc) is 2.77. The lowest BCUT2D eigenvalue weighted by Crippen LogP contribution is -2.06. The lowest BCUT2D eigenvalue weighted by molar-refractivity contribution is 0.284. The van der Waals surface area contributed by atoms with Crippen LogP contribution in [0.4, 0.5) is 0 Å². The van der Waals surface area contributed by atoms with E-state index in [-0.39, 0.29) is 6.61 Å². The Labute approximate surface area is 185 Å². The fraction of sp³-hybridized carbons (Fsp3) is 0.130. The van der Waals surface area contributed by atoms with Gasteiger partial charge >= 0.3 is 0 Å². The van der Waals surface area contributed by atoms with Gasteiger partial charge in [0.25, 0.3) is 0 Å². The van der Waals surface area contributed by atoms with E-state index in [1.165, 1.54) is 0 Å². The maximum atomic E-state index is 9.19. The average molecular weight is 440 g/mol. The van der Waals surface area contributed by atoms with E-state index in [1.807, 2.05) is 30.3 Å². The van der Waals surface area contributed by atoms with Crippen LogP contribution in [0.2, 0.25) is 10.0 Å². The predicted molar refractivity (Wildman–Crippen MR) is 119 cm³/mol. The van der Waals surface area contributed by atoms with Gasteiger partial charge in [0.15, 0.2) is 11.5 Å². The Bertz CT molecular complexity index is 1070. The first-order valence-corrected chi connectivity index (χ1v) is 9.85. The number of hydrogen-bond donors (Lipinski definition) is 1. The van der Waals surface area contributed by atoms with Gasteiger partial charge in [-0.1, -0.05) is 47.5 Å². The van der Waals surface area contributed by atoms with Crippen LogP contribution in [-0.4, -0.2) is 13.3 Å². The van der Waals surface area contributed by atoms with Crippen LogP contribution >= 0.6 is 23.2 Å². The minimum Gasteiger partial charge on any atom is -0.493 e. The Morgan fingerprint density at radius 2 is 1.80 bits per heavy atom. The lowest BCUT2D eigenvalue weighted by atomic mass is 10.1. The fourth-order valence-corrected chi connectivity index (χ4v) is 3.27. The third kappa shape index (κ3) is 5.44. The number of rotatable bonds is 8. The molecule has 30 heavy (non-hydrogen) atoms. The molecular formula is C23H19Cl2N3O2. The highest BCUT2D eigenvalue weighted by Gasteiger charge is 2.08. The second-order valence-corrected chi connectivity index (χ2v) is 7.08. The molecule has 0 bridgehead atoms. The van der Waals surface area contributed by atoms with Crippen molar-refractivity contribution in [2.45, 2.75) is 13.2 Å². The fourth-order valence-electron chi connectivity index (χ4n) is 2.74. The van der Waals surface area contributed by atoms with E-state index in [1.54, 1.807) is 43.7 Å².